The van der Waals surface area contributed by atoms with Crippen LogP contribution in [0.5, 0.6) is 0 Å². The van der Waals surface area contributed by atoms with E-state index in [1.54, 1.807) is 30.3 Å². The van der Waals surface area contributed by atoms with Crippen LogP contribution < -0.4 is 10.6 Å². The van der Waals surface area contributed by atoms with Gasteiger partial charge in [-0.05, 0) is 60.6 Å². The molecule has 2 N–H and O–H groups in total. The minimum absolute atomic E-state index is 0.0155. The Balaban J connectivity index is 1.56. The SMILES string of the molecule is CC(C)(C)c1ccc(C(=O)NCCC(=O)Nc2cc(Cl)ccc2C(=O)N2CCCCC2)cc1. The van der Waals surface area contributed by atoms with E-state index in [9.17, 15) is 14.4 Å². The van der Waals surface area contributed by atoms with Crippen molar-refractivity contribution < 1.29 is 14.4 Å². The Bertz CT molecular complexity index is 1010. The van der Waals surface area contributed by atoms with E-state index in [2.05, 4.69) is 31.4 Å². The third kappa shape index (κ3) is 6.81. The molecule has 3 amide bonds. The summed E-state index contributed by atoms with van der Waals surface area (Å²) in [4.78, 5) is 39.7. The fourth-order valence-corrected chi connectivity index (χ4v) is 3.97. The number of anilines is 1. The maximum Gasteiger partial charge on any atom is 0.255 e. The maximum absolute atomic E-state index is 12.9. The second-order valence-corrected chi connectivity index (χ2v) is 9.86. The van der Waals surface area contributed by atoms with Crippen LogP contribution >= 0.6 is 11.6 Å². The van der Waals surface area contributed by atoms with Crippen molar-refractivity contribution in [3.8, 4) is 0 Å². The summed E-state index contributed by atoms with van der Waals surface area (Å²) in [5, 5.41) is 6.00. The highest BCUT2D eigenvalue weighted by atomic mass is 35.5. The first-order valence-electron chi connectivity index (χ1n) is 11.4. The molecule has 33 heavy (non-hydrogen) atoms. The van der Waals surface area contributed by atoms with Crippen LogP contribution in [-0.2, 0) is 10.2 Å². The number of benzene rings is 2. The molecular weight excluding hydrogens is 438 g/mol. The number of rotatable bonds is 6. The highest BCUT2D eigenvalue weighted by Crippen LogP contribution is 2.24. The van der Waals surface area contributed by atoms with Crippen molar-refractivity contribution >= 4 is 35.0 Å². The Kier molecular flexibility index (Phi) is 8.14. The Morgan fingerprint density at radius 3 is 2.27 bits per heavy atom. The predicted molar refractivity (Wildman–Crippen MR) is 132 cm³/mol. The van der Waals surface area contributed by atoms with Gasteiger partial charge in [0.05, 0.1) is 11.3 Å². The van der Waals surface area contributed by atoms with E-state index in [4.69, 9.17) is 11.6 Å². The lowest BCUT2D eigenvalue weighted by atomic mass is 9.87. The van der Waals surface area contributed by atoms with Crippen LogP contribution in [0, 0.1) is 0 Å². The van der Waals surface area contributed by atoms with Crippen LogP contribution in [0.2, 0.25) is 5.02 Å². The van der Waals surface area contributed by atoms with Gasteiger partial charge in [-0.15, -0.1) is 0 Å². The number of nitrogens with zero attached hydrogens (tertiary/aromatic N) is 1. The Morgan fingerprint density at radius 2 is 1.64 bits per heavy atom. The summed E-state index contributed by atoms with van der Waals surface area (Å²) in [5.74, 6) is -0.631. The zero-order valence-corrected chi connectivity index (χ0v) is 20.3. The van der Waals surface area contributed by atoms with Gasteiger partial charge < -0.3 is 15.5 Å². The summed E-state index contributed by atoms with van der Waals surface area (Å²) in [6.07, 6.45) is 3.18. The van der Waals surface area contributed by atoms with E-state index in [-0.39, 0.29) is 36.1 Å². The van der Waals surface area contributed by atoms with Crippen LogP contribution in [0.4, 0.5) is 5.69 Å². The number of likely N-dealkylation sites (tertiary alicyclic amines) is 1. The summed E-state index contributed by atoms with van der Waals surface area (Å²) in [5.41, 5.74) is 2.54. The number of piperidine rings is 1. The van der Waals surface area contributed by atoms with Crippen molar-refractivity contribution in [2.24, 2.45) is 0 Å². The van der Waals surface area contributed by atoms with Gasteiger partial charge in [-0.2, -0.15) is 0 Å². The molecule has 6 nitrogen and oxygen atoms in total. The molecule has 0 aliphatic carbocycles. The predicted octanol–water partition coefficient (Wildman–Crippen LogP) is 5.02. The fraction of sp³-hybridized carbons (Fsp3) is 0.423. The molecule has 3 rings (SSSR count). The normalized spacial score (nSPS) is 14.0. The highest BCUT2D eigenvalue weighted by molar-refractivity contribution is 6.31. The summed E-state index contributed by atoms with van der Waals surface area (Å²) >= 11 is 6.11. The van der Waals surface area contributed by atoms with Gasteiger partial charge in [0.1, 0.15) is 0 Å². The standard InChI is InChI=1S/C26H32ClN3O3/c1-26(2,3)19-9-7-18(8-10-19)24(32)28-14-13-23(31)29-22-17-20(27)11-12-21(22)25(33)30-15-5-4-6-16-30/h7-12,17H,4-6,13-16H2,1-3H3,(H,28,32)(H,29,31). The van der Waals surface area contributed by atoms with Gasteiger partial charge in [0.15, 0.2) is 0 Å². The van der Waals surface area contributed by atoms with Crippen LogP contribution in [0.3, 0.4) is 0 Å². The molecule has 0 aromatic heterocycles. The van der Waals surface area contributed by atoms with Crippen molar-refractivity contribution in [1.29, 1.82) is 0 Å². The van der Waals surface area contributed by atoms with Crippen LogP contribution in [0.1, 0.15) is 72.7 Å². The quantitative estimate of drug-likeness (QED) is 0.623. The molecule has 1 fully saturated rings. The number of amides is 3. The summed E-state index contributed by atoms with van der Waals surface area (Å²) in [6, 6.07) is 12.4. The van der Waals surface area contributed by atoms with Crippen molar-refractivity contribution in [2.45, 2.75) is 51.9 Å². The van der Waals surface area contributed by atoms with E-state index in [1.807, 2.05) is 17.0 Å². The van der Waals surface area contributed by atoms with Gasteiger partial charge >= 0.3 is 0 Å². The molecule has 1 saturated heterocycles. The van der Waals surface area contributed by atoms with Gasteiger partial charge in [0.25, 0.3) is 11.8 Å². The largest absolute Gasteiger partial charge is 0.352 e. The van der Waals surface area contributed by atoms with Crippen molar-refractivity contribution in [3.05, 3.63) is 64.2 Å². The lowest BCUT2D eigenvalue weighted by Crippen LogP contribution is -2.36. The smallest absolute Gasteiger partial charge is 0.255 e. The monoisotopic (exact) mass is 469 g/mol. The van der Waals surface area contributed by atoms with Crippen LogP contribution in [0.15, 0.2) is 42.5 Å². The molecule has 176 valence electrons. The van der Waals surface area contributed by atoms with Gasteiger partial charge in [0.2, 0.25) is 5.91 Å². The number of nitrogens with one attached hydrogen (secondary N) is 2. The summed E-state index contributed by atoms with van der Waals surface area (Å²) in [6.45, 7) is 7.97. The molecule has 0 spiro atoms. The average Bonchev–Trinajstić information content (AvgIpc) is 2.79. The lowest BCUT2D eigenvalue weighted by Gasteiger charge is -2.27. The minimum atomic E-state index is -0.298. The molecule has 2 aromatic rings. The lowest BCUT2D eigenvalue weighted by molar-refractivity contribution is -0.116. The molecular formula is C26H32ClN3O3. The van der Waals surface area contributed by atoms with Crippen molar-refractivity contribution in [3.63, 3.8) is 0 Å². The Morgan fingerprint density at radius 1 is 0.970 bits per heavy atom. The first-order chi connectivity index (χ1) is 15.6. The van der Waals surface area contributed by atoms with Crippen molar-refractivity contribution in [1.82, 2.24) is 10.2 Å². The van der Waals surface area contributed by atoms with E-state index >= 15 is 0 Å². The van der Waals surface area contributed by atoms with Gasteiger partial charge in [-0.25, -0.2) is 0 Å². The molecule has 1 heterocycles. The average molecular weight is 470 g/mol. The summed E-state index contributed by atoms with van der Waals surface area (Å²) in [7, 11) is 0. The number of halogens is 1. The summed E-state index contributed by atoms with van der Waals surface area (Å²) < 4.78 is 0. The topological polar surface area (TPSA) is 78.5 Å². The highest BCUT2D eigenvalue weighted by Gasteiger charge is 2.22. The van der Waals surface area contributed by atoms with Crippen LogP contribution in [-0.4, -0.2) is 42.3 Å². The fourth-order valence-electron chi connectivity index (χ4n) is 3.80. The molecule has 1 aliphatic rings. The van der Waals surface area contributed by atoms with Crippen LogP contribution in [0.25, 0.3) is 0 Å². The zero-order chi connectivity index (χ0) is 24.0. The molecule has 0 unspecified atom stereocenters. The van der Waals surface area contributed by atoms with Gasteiger partial charge in [-0.1, -0.05) is 44.5 Å². The second-order valence-electron chi connectivity index (χ2n) is 9.42. The van der Waals surface area contributed by atoms with E-state index < -0.39 is 0 Å². The van der Waals surface area contributed by atoms with E-state index in [0.717, 1.165) is 37.9 Å². The van der Waals surface area contributed by atoms with Crippen molar-refractivity contribution in [2.75, 3.05) is 25.0 Å². The molecule has 0 bridgehead atoms. The molecule has 7 heteroatoms. The Hall–Kier alpha value is -2.86. The molecule has 0 atom stereocenters. The first kappa shape index (κ1) is 24.8. The molecule has 0 saturated carbocycles. The first-order valence-corrected chi connectivity index (χ1v) is 11.8. The minimum Gasteiger partial charge on any atom is -0.352 e. The Labute approximate surface area is 200 Å². The van der Waals surface area contributed by atoms with Gasteiger partial charge in [-0.3, -0.25) is 14.4 Å². The number of carbonyl (C=O) groups is 3. The number of hydrogen-bond acceptors (Lipinski definition) is 3. The third-order valence-electron chi connectivity index (χ3n) is 5.78. The molecule has 2 aromatic carbocycles. The second kappa shape index (κ2) is 10.8. The number of hydrogen-bond donors (Lipinski definition) is 2. The zero-order valence-electron chi connectivity index (χ0n) is 19.5. The maximum atomic E-state index is 12.9. The van der Waals surface area contributed by atoms with Gasteiger partial charge in [0, 0.05) is 36.6 Å². The molecule has 1 aliphatic heterocycles. The number of carbonyl (C=O) groups excluding carboxylic acids is 3. The van der Waals surface area contributed by atoms with E-state index in [0.29, 0.717) is 21.8 Å². The molecule has 0 radical (unpaired) electrons. The van der Waals surface area contributed by atoms with E-state index in [1.165, 1.54) is 0 Å². The third-order valence-corrected chi connectivity index (χ3v) is 6.02.